The van der Waals surface area contributed by atoms with Crippen molar-refractivity contribution in [2.24, 2.45) is 0 Å². The zero-order chi connectivity index (χ0) is 19.3. The Morgan fingerprint density at radius 1 is 1.35 bits per heavy atom. The fourth-order valence-electron chi connectivity index (χ4n) is 2.59. The maximum atomic E-state index is 12.6. The number of sulfonamides is 1. The molecule has 0 spiro atoms. The van der Waals surface area contributed by atoms with Crippen LogP contribution in [-0.2, 0) is 21.2 Å². The second-order valence-electron chi connectivity index (χ2n) is 5.98. The molecule has 26 heavy (non-hydrogen) atoms. The van der Waals surface area contributed by atoms with Crippen molar-refractivity contribution in [1.29, 1.82) is 0 Å². The van der Waals surface area contributed by atoms with Gasteiger partial charge in [0, 0.05) is 13.6 Å². The summed E-state index contributed by atoms with van der Waals surface area (Å²) in [5.41, 5.74) is 1.86. The molecule has 0 atom stereocenters. The smallest absolute Gasteiger partial charge is 0.246 e. The predicted octanol–water partition coefficient (Wildman–Crippen LogP) is 1.01. The van der Waals surface area contributed by atoms with E-state index < -0.39 is 10.0 Å². The number of aromatic amines is 1. The summed E-state index contributed by atoms with van der Waals surface area (Å²) in [6, 6.07) is 7.57. The summed E-state index contributed by atoms with van der Waals surface area (Å²) in [4.78, 5) is 12.2. The van der Waals surface area contributed by atoms with Gasteiger partial charge in [0.05, 0.1) is 25.0 Å². The van der Waals surface area contributed by atoms with Crippen LogP contribution in [0.4, 0.5) is 0 Å². The summed E-state index contributed by atoms with van der Waals surface area (Å²) in [6.07, 6.45) is 0.624. The fraction of sp³-hybridized carbons (Fsp3) is 0.412. The molecule has 142 valence electrons. The molecular weight excluding hydrogens is 356 g/mol. The number of H-pyrrole nitrogens is 1. The Morgan fingerprint density at radius 3 is 2.69 bits per heavy atom. The third-order valence-electron chi connectivity index (χ3n) is 3.97. The molecule has 0 radical (unpaired) electrons. The van der Waals surface area contributed by atoms with E-state index in [0.29, 0.717) is 24.4 Å². The van der Waals surface area contributed by atoms with Gasteiger partial charge in [-0.3, -0.25) is 9.89 Å². The van der Waals surface area contributed by atoms with Crippen LogP contribution in [0.15, 0.2) is 29.2 Å². The van der Waals surface area contributed by atoms with Crippen LogP contribution >= 0.6 is 0 Å². The van der Waals surface area contributed by atoms with Crippen molar-refractivity contribution in [1.82, 2.24) is 19.8 Å². The van der Waals surface area contributed by atoms with Crippen molar-refractivity contribution in [3.8, 4) is 5.75 Å². The lowest BCUT2D eigenvalue weighted by molar-refractivity contribution is -0.121. The van der Waals surface area contributed by atoms with Crippen LogP contribution in [0.1, 0.15) is 17.0 Å². The lowest BCUT2D eigenvalue weighted by atomic mass is 10.1. The molecule has 1 aromatic heterocycles. The van der Waals surface area contributed by atoms with Crippen molar-refractivity contribution in [3.63, 3.8) is 0 Å². The Balaban J connectivity index is 1.91. The number of aryl methyl sites for hydroxylation is 2. The van der Waals surface area contributed by atoms with Gasteiger partial charge in [-0.15, -0.1) is 0 Å². The van der Waals surface area contributed by atoms with E-state index >= 15 is 0 Å². The molecule has 1 amide bonds. The van der Waals surface area contributed by atoms with Crippen molar-refractivity contribution in [2.75, 3.05) is 27.2 Å². The molecule has 0 fully saturated rings. The zero-order valence-electron chi connectivity index (χ0n) is 15.4. The first kappa shape index (κ1) is 19.9. The molecule has 0 aliphatic rings. The highest BCUT2D eigenvalue weighted by molar-refractivity contribution is 7.89. The number of methoxy groups -OCH3 is 1. The predicted molar refractivity (Wildman–Crippen MR) is 97.6 cm³/mol. The van der Waals surface area contributed by atoms with Gasteiger partial charge in [0.1, 0.15) is 10.6 Å². The second kappa shape index (κ2) is 8.33. The van der Waals surface area contributed by atoms with Crippen molar-refractivity contribution in [3.05, 3.63) is 41.2 Å². The van der Waals surface area contributed by atoms with E-state index in [4.69, 9.17) is 4.74 Å². The minimum atomic E-state index is -3.78. The Labute approximate surface area is 153 Å². The molecule has 2 aromatic rings. The van der Waals surface area contributed by atoms with Gasteiger partial charge in [-0.25, -0.2) is 8.42 Å². The first-order valence-corrected chi connectivity index (χ1v) is 9.57. The topological polar surface area (TPSA) is 104 Å². The number of likely N-dealkylation sites (N-methyl/N-ethyl adjacent to an activating group) is 1. The number of amides is 1. The Hall–Kier alpha value is -2.39. The number of nitrogens with zero attached hydrogens (tertiary/aromatic N) is 2. The van der Waals surface area contributed by atoms with Gasteiger partial charge >= 0.3 is 0 Å². The molecule has 8 nitrogen and oxygen atoms in total. The van der Waals surface area contributed by atoms with E-state index in [9.17, 15) is 13.2 Å². The first-order chi connectivity index (χ1) is 12.3. The molecule has 0 unspecified atom stereocenters. The SMILES string of the molecule is COc1cccc(CCNC(=O)CN(C)S(=O)(=O)c2c(C)n[nH]c2C)c1. The molecule has 0 aliphatic carbocycles. The number of aromatic nitrogens is 2. The Bertz CT molecular complexity index is 857. The summed E-state index contributed by atoms with van der Waals surface area (Å²) in [5, 5.41) is 9.28. The third-order valence-corrected chi connectivity index (χ3v) is 6.03. The molecule has 0 saturated heterocycles. The summed E-state index contributed by atoms with van der Waals surface area (Å²) >= 11 is 0. The van der Waals surface area contributed by atoms with Crippen molar-refractivity contribution < 1.29 is 17.9 Å². The average Bonchev–Trinajstić information content (AvgIpc) is 2.94. The van der Waals surface area contributed by atoms with Gasteiger partial charge in [-0.1, -0.05) is 12.1 Å². The van der Waals surface area contributed by atoms with Crippen LogP contribution in [0.3, 0.4) is 0 Å². The van der Waals surface area contributed by atoms with Gasteiger partial charge in [-0.2, -0.15) is 9.40 Å². The van der Waals surface area contributed by atoms with Crippen molar-refractivity contribution >= 4 is 15.9 Å². The molecule has 0 bridgehead atoms. The highest BCUT2D eigenvalue weighted by Gasteiger charge is 2.28. The maximum absolute atomic E-state index is 12.6. The Morgan fingerprint density at radius 2 is 2.08 bits per heavy atom. The number of hydrogen-bond acceptors (Lipinski definition) is 5. The number of hydrogen-bond donors (Lipinski definition) is 2. The summed E-state index contributed by atoms with van der Waals surface area (Å²) in [5.74, 6) is 0.392. The molecule has 2 N–H and O–H groups in total. The van der Waals surface area contributed by atoms with Gasteiger partial charge in [0.25, 0.3) is 0 Å². The second-order valence-corrected chi connectivity index (χ2v) is 7.96. The average molecular weight is 380 g/mol. The molecule has 9 heteroatoms. The highest BCUT2D eigenvalue weighted by atomic mass is 32.2. The van der Waals surface area contributed by atoms with Crippen LogP contribution in [0, 0.1) is 13.8 Å². The van der Waals surface area contributed by atoms with E-state index in [1.165, 1.54) is 7.05 Å². The van der Waals surface area contributed by atoms with Crippen LogP contribution in [-0.4, -0.2) is 56.1 Å². The molecule has 0 saturated carbocycles. The minimum Gasteiger partial charge on any atom is -0.497 e. The summed E-state index contributed by atoms with van der Waals surface area (Å²) in [6.45, 7) is 3.39. The monoisotopic (exact) mass is 380 g/mol. The molecule has 1 aromatic carbocycles. The maximum Gasteiger partial charge on any atom is 0.246 e. The summed E-state index contributed by atoms with van der Waals surface area (Å²) < 4.78 is 31.4. The fourth-order valence-corrected chi connectivity index (χ4v) is 4.04. The largest absolute Gasteiger partial charge is 0.497 e. The molecule has 0 aliphatic heterocycles. The van der Waals surface area contributed by atoms with Crippen LogP contribution < -0.4 is 10.1 Å². The van der Waals surface area contributed by atoms with E-state index in [2.05, 4.69) is 15.5 Å². The number of rotatable bonds is 8. The molecular formula is C17H24N4O4S. The van der Waals surface area contributed by atoms with E-state index in [0.717, 1.165) is 15.6 Å². The van der Waals surface area contributed by atoms with Gasteiger partial charge in [0.15, 0.2) is 0 Å². The number of carbonyl (C=O) groups is 1. The van der Waals surface area contributed by atoms with E-state index in [1.54, 1.807) is 21.0 Å². The van der Waals surface area contributed by atoms with E-state index in [-0.39, 0.29) is 17.3 Å². The third kappa shape index (κ3) is 4.61. The van der Waals surface area contributed by atoms with Crippen LogP contribution in [0.2, 0.25) is 0 Å². The standard InChI is InChI=1S/C17H24N4O4S/c1-12-17(13(2)20-19-12)26(23,24)21(3)11-16(22)18-9-8-14-6-5-7-15(10-14)25-4/h5-7,10H,8-9,11H2,1-4H3,(H,18,22)(H,19,20). The molecule has 2 rings (SSSR count). The first-order valence-electron chi connectivity index (χ1n) is 8.13. The molecule has 1 heterocycles. The Kier molecular flexibility index (Phi) is 6.38. The van der Waals surface area contributed by atoms with Crippen LogP contribution in [0.5, 0.6) is 5.75 Å². The highest BCUT2D eigenvalue weighted by Crippen LogP contribution is 2.20. The van der Waals surface area contributed by atoms with Gasteiger partial charge in [0.2, 0.25) is 15.9 Å². The summed E-state index contributed by atoms with van der Waals surface area (Å²) in [7, 11) is -0.800. The van der Waals surface area contributed by atoms with Gasteiger partial charge in [-0.05, 0) is 38.0 Å². The van der Waals surface area contributed by atoms with E-state index in [1.807, 2.05) is 24.3 Å². The lowest BCUT2D eigenvalue weighted by Crippen LogP contribution is -2.39. The zero-order valence-corrected chi connectivity index (χ0v) is 16.2. The minimum absolute atomic E-state index is 0.115. The number of ether oxygens (including phenoxy) is 1. The number of benzene rings is 1. The number of nitrogens with one attached hydrogen (secondary N) is 2. The normalized spacial score (nSPS) is 11.6. The van der Waals surface area contributed by atoms with Crippen LogP contribution in [0.25, 0.3) is 0 Å². The van der Waals surface area contributed by atoms with Crippen molar-refractivity contribution in [2.45, 2.75) is 25.2 Å². The van der Waals surface area contributed by atoms with Gasteiger partial charge < -0.3 is 10.1 Å². The lowest BCUT2D eigenvalue weighted by Gasteiger charge is -2.17. The quantitative estimate of drug-likeness (QED) is 0.711. The number of carbonyl (C=O) groups excluding carboxylic acids is 1.